The maximum atomic E-state index is 13.4. The smallest absolute Gasteiger partial charge is 0.225 e. The first-order valence-corrected chi connectivity index (χ1v) is 7.14. The van der Waals surface area contributed by atoms with E-state index in [-0.39, 0.29) is 11.4 Å². The molecular weight excluding hydrogens is 267 g/mol. The summed E-state index contributed by atoms with van der Waals surface area (Å²) in [5.74, 6) is 0.260. The van der Waals surface area contributed by atoms with E-state index in [0.717, 1.165) is 19.3 Å². The van der Waals surface area contributed by atoms with E-state index < -0.39 is 5.82 Å². The highest BCUT2D eigenvalue weighted by Gasteiger charge is 2.43. The summed E-state index contributed by atoms with van der Waals surface area (Å²) in [5.41, 5.74) is 2.57. The molecule has 1 saturated carbocycles. The molecule has 0 bridgehead atoms. The SMILES string of the molecule is CNc1nc(NC2(Cc3ccc(C)cc3)CC2)ncc1F. The highest BCUT2D eigenvalue weighted by atomic mass is 19.1. The van der Waals surface area contributed by atoms with Gasteiger partial charge in [-0.25, -0.2) is 9.37 Å². The second-order valence-electron chi connectivity index (χ2n) is 5.71. The Morgan fingerprint density at radius 3 is 2.57 bits per heavy atom. The minimum atomic E-state index is -0.438. The minimum absolute atomic E-state index is 0.0120. The third kappa shape index (κ3) is 3.12. The lowest BCUT2D eigenvalue weighted by Gasteiger charge is -2.18. The molecule has 0 unspecified atom stereocenters. The molecule has 1 aromatic heterocycles. The van der Waals surface area contributed by atoms with Gasteiger partial charge in [-0.15, -0.1) is 0 Å². The van der Waals surface area contributed by atoms with Crippen LogP contribution < -0.4 is 10.6 Å². The summed E-state index contributed by atoms with van der Waals surface area (Å²) >= 11 is 0. The summed E-state index contributed by atoms with van der Waals surface area (Å²) in [6, 6.07) is 8.56. The predicted octanol–water partition coefficient (Wildman–Crippen LogP) is 3.15. The van der Waals surface area contributed by atoms with Crippen molar-refractivity contribution >= 4 is 11.8 Å². The van der Waals surface area contributed by atoms with E-state index in [1.807, 2.05) is 0 Å². The molecule has 3 rings (SSSR count). The van der Waals surface area contributed by atoms with Gasteiger partial charge >= 0.3 is 0 Å². The Kier molecular flexibility index (Phi) is 3.49. The first-order valence-electron chi connectivity index (χ1n) is 7.14. The van der Waals surface area contributed by atoms with Crippen molar-refractivity contribution in [3.05, 3.63) is 47.4 Å². The van der Waals surface area contributed by atoms with Crippen LogP contribution >= 0.6 is 0 Å². The summed E-state index contributed by atoms with van der Waals surface area (Å²) < 4.78 is 13.4. The van der Waals surface area contributed by atoms with Crippen molar-refractivity contribution in [1.29, 1.82) is 0 Å². The van der Waals surface area contributed by atoms with Crippen LogP contribution in [0.3, 0.4) is 0 Å². The average Bonchev–Trinajstić information content (AvgIpc) is 3.23. The molecule has 0 saturated heterocycles. The van der Waals surface area contributed by atoms with E-state index in [0.29, 0.717) is 5.95 Å². The first kappa shape index (κ1) is 13.8. The van der Waals surface area contributed by atoms with E-state index in [1.54, 1.807) is 7.05 Å². The van der Waals surface area contributed by atoms with Crippen molar-refractivity contribution in [3.8, 4) is 0 Å². The lowest BCUT2D eigenvalue weighted by molar-refractivity contribution is 0.616. The standard InChI is InChI=1S/C16H19FN4/c1-11-3-5-12(6-4-11)9-16(7-8-16)21-15-19-10-13(17)14(18-2)20-15/h3-6,10H,7-9H2,1-2H3,(H2,18,19,20,21). The number of nitrogens with zero attached hydrogens (tertiary/aromatic N) is 2. The molecule has 2 N–H and O–H groups in total. The van der Waals surface area contributed by atoms with Gasteiger partial charge in [0.2, 0.25) is 5.95 Å². The maximum Gasteiger partial charge on any atom is 0.225 e. The molecular formula is C16H19FN4. The van der Waals surface area contributed by atoms with Gasteiger partial charge in [0.1, 0.15) is 0 Å². The molecule has 21 heavy (non-hydrogen) atoms. The Hall–Kier alpha value is -2.17. The first-order chi connectivity index (χ1) is 10.1. The molecule has 1 aromatic carbocycles. The van der Waals surface area contributed by atoms with Gasteiger partial charge in [-0.2, -0.15) is 4.98 Å². The maximum absolute atomic E-state index is 13.4. The zero-order valence-electron chi connectivity index (χ0n) is 12.3. The van der Waals surface area contributed by atoms with E-state index in [2.05, 4.69) is 51.8 Å². The fraction of sp³-hybridized carbons (Fsp3) is 0.375. The van der Waals surface area contributed by atoms with E-state index in [9.17, 15) is 4.39 Å². The molecule has 0 atom stereocenters. The zero-order valence-corrected chi connectivity index (χ0v) is 12.3. The van der Waals surface area contributed by atoms with Crippen LogP contribution in [-0.4, -0.2) is 22.6 Å². The number of anilines is 2. The Labute approximate surface area is 123 Å². The molecule has 0 aliphatic heterocycles. The van der Waals surface area contributed by atoms with Crippen LogP contribution in [0.4, 0.5) is 16.2 Å². The summed E-state index contributed by atoms with van der Waals surface area (Å²) in [6.45, 7) is 2.08. The number of aryl methyl sites for hydroxylation is 1. The van der Waals surface area contributed by atoms with Crippen LogP contribution in [-0.2, 0) is 6.42 Å². The van der Waals surface area contributed by atoms with Gasteiger partial charge < -0.3 is 10.6 Å². The Morgan fingerprint density at radius 2 is 1.95 bits per heavy atom. The van der Waals surface area contributed by atoms with E-state index >= 15 is 0 Å². The molecule has 0 radical (unpaired) electrons. The lowest BCUT2D eigenvalue weighted by atomic mass is 10.0. The van der Waals surface area contributed by atoms with Crippen LogP contribution in [0.15, 0.2) is 30.5 Å². The third-order valence-corrected chi connectivity index (χ3v) is 3.87. The van der Waals surface area contributed by atoms with Crippen molar-refractivity contribution in [3.63, 3.8) is 0 Å². The number of rotatable bonds is 5. The molecule has 1 aliphatic rings. The van der Waals surface area contributed by atoms with Gasteiger partial charge in [0.15, 0.2) is 11.6 Å². The second kappa shape index (κ2) is 5.31. The fourth-order valence-corrected chi connectivity index (χ4v) is 2.43. The Bertz CT molecular complexity index is 635. The molecule has 110 valence electrons. The molecule has 1 heterocycles. The van der Waals surface area contributed by atoms with Gasteiger partial charge in [0, 0.05) is 12.6 Å². The number of aromatic nitrogens is 2. The van der Waals surface area contributed by atoms with Crippen molar-refractivity contribution < 1.29 is 4.39 Å². The van der Waals surface area contributed by atoms with Crippen molar-refractivity contribution in [2.45, 2.75) is 31.7 Å². The zero-order chi connectivity index (χ0) is 14.9. The summed E-state index contributed by atoms with van der Waals surface area (Å²) in [6.07, 6.45) is 4.29. The van der Waals surface area contributed by atoms with Crippen LogP contribution in [0.2, 0.25) is 0 Å². The van der Waals surface area contributed by atoms with Crippen molar-refractivity contribution in [1.82, 2.24) is 9.97 Å². The highest BCUT2D eigenvalue weighted by molar-refractivity contribution is 5.43. The van der Waals surface area contributed by atoms with E-state index in [4.69, 9.17) is 0 Å². The third-order valence-electron chi connectivity index (χ3n) is 3.87. The number of nitrogens with one attached hydrogen (secondary N) is 2. The van der Waals surface area contributed by atoms with Gasteiger partial charge in [0.25, 0.3) is 0 Å². The average molecular weight is 286 g/mol. The van der Waals surface area contributed by atoms with Crippen molar-refractivity contribution in [2.75, 3.05) is 17.7 Å². The minimum Gasteiger partial charge on any atom is -0.371 e. The molecule has 1 aliphatic carbocycles. The Balaban J connectivity index is 1.73. The normalized spacial score (nSPS) is 15.6. The number of halogens is 1. The number of benzene rings is 1. The second-order valence-corrected chi connectivity index (χ2v) is 5.71. The van der Waals surface area contributed by atoms with Crippen LogP contribution in [0.25, 0.3) is 0 Å². The van der Waals surface area contributed by atoms with Crippen molar-refractivity contribution in [2.24, 2.45) is 0 Å². The van der Waals surface area contributed by atoms with Crippen LogP contribution in [0.1, 0.15) is 24.0 Å². The largest absolute Gasteiger partial charge is 0.371 e. The van der Waals surface area contributed by atoms with Crippen LogP contribution in [0, 0.1) is 12.7 Å². The quantitative estimate of drug-likeness (QED) is 0.886. The molecule has 0 amide bonds. The molecule has 1 fully saturated rings. The highest BCUT2D eigenvalue weighted by Crippen LogP contribution is 2.41. The fourth-order valence-electron chi connectivity index (χ4n) is 2.43. The number of hydrogen-bond donors (Lipinski definition) is 2. The Morgan fingerprint density at radius 1 is 1.24 bits per heavy atom. The molecule has 4 nitrogen and oxygen atoms in total. The van der Waals surface area contributed by atoms with Gasteiger partial charge in [0.05, 0.1) is 6.20 Å². The van der Waals surface area contributed by atoms with Gasteiger partial charge in [-0.3, -0.25) is 0 Å². The predicted molar refractivity (Wildman–Crippen MR) is 82.0 cm³/mol. The molecule has 2 aromatic rings. The topological polar surface area (TPSA) is 49.8 Å². The molecule has 5 heteroatoms. The lowest BCUT2D eigenvalue weighted by Crippen LogP contribution is -2.25. The van der Waals surface area contributed by atoms with E-state index in [1.165, 1.54) is 17.3 Å². The summed E-state index contributed by atoms with van der Waals surface area (Å²) in [4.78, 5) is 8.19. The monoisotopic (exact) mass is 286 g/mol. The van der Waals surface area contributed by atoms with Gasteiger partial charge in [-0.1, -0.05) is 29.8 Å². The van der Waals surface area contributed by atoms with Gasteiger partial charge in [-0.05, 0) is 31.7 Å². The number of hydrogen-bond acceptors (Lipinski definition) is 4. The summed E-state index contributed by atoms with van der Waals surface area (Å²) in [7, 11) is 1.65. The summed E-state index contributed by atoms with van der Waals surface area (Å²) in [5, 5.41) is 6.10. The van der Waals surface area contributed by atoms with Crippen LogP contribution in [0.5, 0.6) is 0 Å². The molecule has 0 spiro atoms.